The van der Waals surface area contributed by atoms with Crippen LogP contribution in [0, 0.1) is 10.1 Å². The van der Waals surface area contributed by atoms with E-state index < -0.39 is 22.9 Å². The molecule has 0 aromatic heterocycles. The van der Waals surface area contributed by atoms with Crippen LogP contribution in [-0.4, -0.2) is 23.9 Å². The number of carbonyl (C=O) groups excluding carboxylic acids is 2. The van der Waals surface area contributed by atoms with E-state index in [2.05, 4.69) is 21.2 Å². The van der Waals surface area contributed by atoms with E-state index in [1.807, 2.05) is 0 Å². The Kier molecular flexibility index (Phi) is 7.93. The smallest absolute Gasteiger partial charge is 0.331 e. The molecule has 0 aliphatic rings. The predicted octanol–water partition coefficient (Wildman–Crippen LogP) is 5.30. The van der Waals surface area contributed by atoms with Crippen LogP contribution in [0.3, 0.4) is 0 Å². The van der Waals surface area contributed by atoms with Crippen molar-refractivity contribution in [3.8, 4) is 5.75 Å². The van der Waals surface area contributed by atoms with Gasteiger partial charge in [-0.15, -0.1) is 0 Å². The normalized spacial score (nSPS) is 11.6. The highest BCUT2D eigenvalue weighted by molar-refractivity contribution is 9.10. The standard InChI is InChI=1S/C24H19BrN2O6/c1-32-19-11-7-16(8-12-19)9-14-22(28)33-23(17-5-3-2-4-6-17)24(29)26-21-13-10-18(27(30)31)15-20(21)25/h2-15,23H,1H3,(H,26,29)/b14-9+/t23-/m1/s1. The molecule has 0 bridgehead atoms. The van der Waals surface area contributed by atoms with Crippen molar-refractivity contribution in [3.05, 3.63) is 105 Å². The van der Waals surface area contributed by atoms with Crippen molar-refractivity contribution in [2.45, 2.75) is 6.10 Å². The number of ether oxygens (including phenoxy) is 2. The van der Waals surface area contributed by atoms with E-state index in [-0.39, 0.29) is 5.69 Å². The maximum absolute atomic E-state index is 13.0. The molecular weight excluding hydrogens is 492 g/mol. The van der Waals surface area contributed by atoms with Gasteiger partial charge in [-0.25, -0.2) is 4.79 Å². The Morgan fingerprint density at radius 1 is 1.06 bits per heavy atom. The molecule has 0 saturated carbocycles. The van der Waals surface area contributed by atoms with Crippen LogP contribution in [0.2, 0.25) is 0 Å². The second kappa shape index (κ2) is 11.1. The third kappa shape index (κ3) is 6.50. The summed E-state index contributed by atoms with van der Waals surface area (Å²) in [6.45, 7) is 0. The predicted molar refractivity (Wildman–Crippen MR) is 127 cm³/mol. The minimum atomic E-state index is -1.23. The molecule has 3 rings (SSSR count). The van der Waals surface area contributed by atoms with Gasteiger partial charge < -0.3 is 14.8 Å². The molecule has 0 fully saturated rings. The number of methoxy groups -OCH3 is 1. The van der Waals surface area contributed by atoms with Gasteiger partial charge >= 0.3 is 5.97 Å². The first kappa shape index (κ1) is 23.7. The highest BCUT2D eigenvalue weighted by atomic mass is 79.9. The minimum Gasteiger partial charge on any atom is -0.497 e. The van der Waals surface area contributed by atoms with Gasteiger partial charge in [0.05, 0.1) is 17.7 Å². The molecule has 3 aromatic rings. The van der Waals surface area contributed by atoms with E-state index in [0.29, 0.717) is 21.5 Å². The van der Waals surface area contributed by atoms with Crippen molar-refractivity contribution in [1.29, 1.82) is 0 Å². The molecule has 1 amide bonds. The molecule has 0 heterocycles. The topological polar surface area (TPSA) is 108 Å². The quantitative estimate of drug-likeness (QED) is 0.190. The average molecular weight is 511 g/mol. The van der Waals surface area contributed by atoms with Crippen LogP contribution in [0.5, 0.6) is 5.75 Å². The van der Waals surface area contributed by atoms with Gasteiger partial charge in [0.15, 0.2) is 0 Å². The van der Waals surface area contributed by atoms with E-state index in [4.69, 9.17) is 9.47 Å². The summed E-state index contributed by atoms with van der Waals surface area (Å²) in [6.07, 6.45) is 1.56. The number of esters is 1. The molecule has 0 unspecified atom stereocenters. The first-order valence-corrected chi connectivity index (χ1v) is 10.5. The summed E-state index contributed by atoms with van der Waals surface area (Å²) in [5, 5.41) is 13.6. The summed E-state index contributed by atoms with van der Waals surface area (Å²) < 4.78 is 10.9. The number of nitrogens with one attached hydrogen (secondary N) is 1. The lowest BCUT2D eigenvalue weighted by atomic mass is 10.1. The van der Waals surface area contributed by atoms with Gasteiger partial charge in [-0.2, -0.15) is 0 Å². The van der Waals surface area contributed by atoms with Crippen LogP contribution in [0.1, 0.15) is 17.2 Å². The Morgan fingerprint density at radius 2 is 1.76 bits per heavy atom. The van der Waals surface area contributed by atoms with Crippen LogP contribution in [-0.2, 0) is 14.3 Å². The lowest BCUT2D eigenvalue weighted by Crippen LogP contribution is -2.25. The summed E-state index contributed by atoms with van der Waals surface area (Å²) >= 11 is 3.21. The Balaban J connectivity index is 1.77. The van der Waals surface area contributed by atoms with Crippen molar-refractivity contribution in [3.63, 3.8) is 0 Å². The number of hydrogen-bond donors (Lipinski definition) is 1. The molecule has 0 saturated heterocycles. The number of benzene rings is 3. The highest BCUT2D eigenvalue weighted by Gasteiger charge is 2.25. The molecule has 0 spiro atoms. The van der Waals surface area contributed by atoms with Gasteiger partial charge in [-0.3, -0.25) is 14.9 Å². The van der Waals surface area contributed by atoms with E-state index >= 15 is 0 Å². The summed E-state index contributed by atoms with van der Waals surface area (Å²) in [4.78, 5) is 35.8. The molecule has 1 atom stereocenters. The van der Waals surface area contributed by atoms with E-state index in [1.165, 1.54) is 24.3 Å². The molecule has 9 heteroatoms. The van der Waals surface area contributed by atoms with Crippen LogP contribution >= 0.6 is 15.9 Å². The van der Waals surface area contributed by atoms with Crippen LogP contribution in [0.15, 0.2) is 83.3 Å². The molecule has 1 N–H and O–H groups in total. The molecule has 33 heavy (non-hydrogen) atoms. The lowest BCUT2D eigenvalue weighted by molar-refractivity contribution is -0.384. The number of rotatable bonds is 8. The summed E-state index contributed by atoms with van der Waals surface area (Å²) in [6, 6.07) is 19.5. The fraction of sp³-hybridized carbons (Fsp3) is 0.0833. The monoisotopic (exact) mass is 510 g/mol. The average Bonchev–Trinajstić information content (AvgIpc) is 2.83. The van der Waals surface area contributed by atoms with Gasteiger partial charge in [0.1, 0.15) is 5.75 Å². The number of hydrogen-bond acceptors (Lipinski definition) is 6. The van der Waals surface area contributed by atoms with Gasteiger partial charge in [-0.05, 0) is 45.8 Å². The van der Waals surface area contributed by atoms with Gasteiger partial charge in [0.25, 0.3) is 11.6 Å². The van der Waals surface area contributed by atoms with Gasteiger partial charge in [-0.1, -0.05) is 42.5 Å². The SMILES string of the molecule is COc1ccc(/C=C/C(=O)O[C@@H](C(=O)Nc2ccc([N+](=O)[O-])cc2Br)c2ccccc2)cc1. The van der Waals surface area contributed by atoms with Gasteiger partial charge in [0.2, 0.25) is 6.10 Å². The van der Waals surface area contributed by atoms with Crippen molar-refractivity contribution in [2.24, 2.45) is 0 Å². The third-order valence-electron chi connectivity index (χ3n) is 4.52. The second-order valence-corrected chi connectivity index (χ2v) is 7.60. The second-order valence-electron chi connectivity index (χ2n) is 6.74. The largest absolute Gasteiger partial charge is 0.497 e. The fourth-order valence-corrected chi connectivity index (χ4v) is 3.32. The number of nitro benzene ring substituents is 1. The number of amides is 1. The molecular formula is C24H19BrN2O6. The fourth-order valence-electron chi connectivity index (χ4n) is 2.85. The third-order valence-corrected chi connectivity index (χ3v) is 5.18. The van der Waals surface area contributed by atoms with Crippen LogP contribution in [0.4, 0.5) is 11.4 Å². The number of carbonyl (C=O) groups is 2. The zero-order chi connectivity index (χ0) is 23.8. The van der Waals surface area contributed by atoms with Crippen LogP contribution < -0.4 is 10.1 Å². The lowest BCUT2D eigenvalue weighted by Gasteiger charge is -2.18. The highest BCUT2D eigenvalue weighted by Crippen LogP contribution is 2.29. The molecule has 0 radical (unpaired) electrons. The van der Waals surface area contributed by atoms with E-state index in [9.17, 15) is 19.7 Å². The zero-order valence-corrected chi connectivity index (χ0v) is 19.0. The molecule has 3 aromatic carbocycles. The number of nitro groups is 1. The van der Waals surface area contributed by atoms with Gasteiger partial charge in [0, 0.05) is 28.2 Å². The van der Waals surface area contributed by atoms with E-state index in [0.717, 1.165) is 5.56 Å². The molecule has 8 nitrogen and oxygen atoms in total. The zero-order valence-electron chi connectivity index (χ0n) is 17.4. The maximum Gasteiger partial charge on any atom is 0.331 e. The first-order chi connectivity index (χ1) is 15.9. The number of nitrogens with zero attached hydrogens (tertiary/aromatic N) is 1. The maximum atomic E-state index is 13.0. The summed E-state index contributed by atoms with van der Waals surface area (Å²) in [5.41, 5.74) is 1.40. The molecule has 0 aliphatic carbocycles. The van der Waals surface area contributed by atoms with E-state index in [1.54, 1.807) is 67.8 Å². The molecule has 0 aliphatic heterocycles. The van der Waals surface area contributed by atoms with Crippen molar-refractivity contribution in [2.75, 3.05) is 12.4 Å². The van der Waals surface area contributed by atoms with Crippen LogP contribution in [0.25, 0.3) is 6.08 Å². The minimum absolute atomic E-state index is 0.130. The summed E-state index contributed by atoms with van der Waals surface area (Å²) in [5.74, 6) is -0.632. The molecule has 168 valence electrons. The van der Waals surface area contributed by atoms with Crippen molar-refractivity contribution < 1.29 is 24.0 Å². The Bertz CT molecular complexity index is 1180. The number of halogens is 1. The Morgan fingerprint density at radius 3 is 2.36 bits per heavy atom. The Labute approximate surface area is 198 Å². The Hall–Kier alpha value is -3.98. The van der Waals surface area contributed by atoms with Crippen molar-refractivity contribution >= 4 is 45.3 Å². The summed E-state index contributed by atoms with van der Waals surface area (Å²) in [7, 11) is 1.56. The number of non-ortho nitro benzene ring substituents is 1. The number of anilines is 1. The first-order valence-electron chi connectivity index (χ1n) is 9.70. The van der Waals surface area contributed by atoms with Crippen molar-refractivity contribution in [1.82, 2.24) is 0 Å².